The molecule has 1 fully saturated rings. The Morgan fingerprint density at radius 1 is 1.50 bits per heavy atom. The van der Waals surface area contributed by atoms with Gasteiger partial charge in [0.2, 0.25) is 5.28 Å². The van der Waals surface area contributed by atoms with Gasteiger partial charge in [-0.05, 0) is 18.0 Å². The minimum absolute atomic E-state index is 0.0363. The third-order valence-electron chi connectivity index (χ3n) is 3.64. The molecule has 118 valence electrons. The molecule has 0 spiro atoms. The predicted molar refractivity (Wildman–Crippen MR) is 80.0 cm³/mol. The molecule has 0 bridgehead atoms. The second-order valence-electron chi connectivity index (χ2n) is 5.03. The number of halogens is 2. The van der Waals surface area contributed by atoms with E-state index in [-0.39, 0.29) is 28.6 Å². The highest BCUT2D eigenvalue weighted by molar-refractivity contribution is 6.35. The summed E-state index contributed by atoms with van der Waals surface area (Å²) in [5, 5.41) is 0.220. The highest BCUT2D eigenvalue weighted by atomic mass is 35.5. The predicted octanol–water partition coefficient (Wildman–Crippen LogP) is 2.41. The lowest BCUT2D eigenvalue weighted by atomic mass is 10.1. The average molecular weight is 345 g/mol. The van der Waals surface area contributed by atoms with Crippen LogP contribution in [0.25, 0.3) is 11.2 Å². The largest absolute Gasteiger partial charge is 0.457 e. The molecule has 0 radical (unpaired) electrons. The summed E-state index contributed by atoms with van der Waals surface area (Å²) in [4.78, 5) is 23.6. The van der Waals surface area contributed by atoms with Gasteiger partial charge in [-0.15, -0.1) is 0 Å². The molecule has 22 heavy (non-hydrogen) atoms. The zero-order valence-corrected chi connectivity index (χ0v) is 13.5. The van der Waals surface area contributed by atoms with E-state index < -0.39 is 6.10 Å². The van der Waals surface area contributed by atoms with E-state index in [9.17, 15) is 4.79 Å². The van der Waals surface area contributed by atoms with Crippen molar-refractivity contribution in [3.05, 3.63) is 16.8 Å². The summed E-state index contributed by atoms with van der Waals surface area (Å²) >= 11 is 11.9. The maximum Gasteiger partial charge on any atom is 0.303 e. The van der Waals surface area contributed by atoms with Crippen molar-refractivity contribution in [2.75, 3.05) is 6.61 Å². The van der Waals surface area contributed by atoms with Crippen LogP contribution in [0, 0.1) is 0 Å². The molecular weight excluding hydrogens is 331 g/mol. The van der Waals surface area contributed by atoms with E-state index in [2.05, 4.69) is 15.0 Å². The zero-order chi connectivity index (χ0) is 15.9. The van der Waals surface area contributed by atoms with Gasteiger partial charge in [0.15, 0.2) is 16.9 Å². The second kappa shape index (κ2) is 5.98. The normalized spacial score (nSPS) is 24.8. The molecule has 1 aliphatic heterocycles. The molecule has 0 aliphatic carbocycles. The van der Waals surface area contributed by atoms with Crippen molar-refractivity contribution in [3.63, 3.8) is 0 Å². The van der Waals surface area contributed by atoms with Crippen LogP contribution in [-0.2, 0) is 14.3 Å². The van der Waals surface area contributed by atoms with Crippen LogP contribution in [0.5, 0.6) is 0 Å². The van der Waals surface area contributed by atoms with Crippen LogP contribution in [-0.4, -0.2) is 44.3 Å². The maximum atomic E-state index is 11.4. The van der Waals surface area contributed by atoms with E-state index in [0.717, 1.165) is 6.42 Å². The van der Waals surface area contributed by atoms with E-state index in [4.69, 9.17) is 32.7 Å². The van der Waals surface area contributed by atoms with Gasteiger partial charge in [-0.2, -0.15) is 4.98 Å². The van der Waals surface area contributed by atoms with Crippen molar-refractivity contribution in [2.24, 2.45) is 0 Å². The van der Waals surface area contributed by atoms with Crippen LogP contribution in [0.3, 0.4) is 0 Å². The Morgan fingerprint density at radius 2 is 2.27 bits per heavy atom. The number of esters is 1. The Morgan fingerprint density at radius 3 is 2.95 bits per heavy atom. The monoisotopic (exact) mass is 344 g/mol. The van der Waals surface area contributed by atoms with E-state index in [1.807, 2.05) is 6.92 Å². The topological polar surface area (TPSA) is 79.1 Å². The Hall–Kier alpha value is -1.44. The van der Waals surface area contributed by atoms with Crippen molar-refractivity contribution in [2.45, 2.75) is 38.5 Å². The standard InChI is InChI=1S/C13H14Cl2N4O3/c1-3-8-10(22-6(2)20)7(4-21-8)19-5-16-9-11(14)17-13(15)18-12(9)19/h5,7-8,10H,3-4H2,1-2H3/t7?,8-,10-/m1/s1. The van der Waals surface area contributed by atoms with E-state index >= 15 is 0 Å². The van der Waals surface area contributed by atoms with Crippen LogP contribution >= 0.6 is 23.2 Å². The van der Waals surface area contributed by atoms with Crippen LogP contribution < -0.4 is 0 Å². The molecular formula is C13H14Cl2N4O3. The number of hydrogen-bond acceptors (Lipinski definition) is 6. The molecule has 7 nitrogen and oxygen atoms in total. The number of rotatable bonds is 3. The minimum atomic E-state index is -0.410. The van der Waals surface area contributed by atoms with Crippen molar-refractivity contribution < 1.29 is 14.3 Å². The molecule has 3 rings (SSSR count). The summed E-state index contributed by atoms with van der Waals surface area (Å²) in [5.74, 6) is -0.353. The third kappa shape index (κ3) is 2.64. The summed E-state index contributed by atoms with van der Waals surface area (Å²) in [5.41, 5.74) is 0.945. The first-order chi connectivity index (χ1) is 10.5. The summed E-state index contributed by atoms with van der Waals surface area (Å²) in [6.45, 7) is 3.75. The van der Waals surface area contributed by atoms with Crippen LogP contribution in [0.2, 0.25) is 10.4 Å². The fourth-order valence-corrected chi connectivity index (χ4v) is 3.12. The van der Waals surface area contributed by atoms with Crippen molar-refractivity contribution >= 4 is 40.3 Å². The minimum Gasteiger partial charge on any atom is -0.457 e. The number of hydrogen-bond donors (Lipinski definition) is 0. The highest BCUT2D eigenvalue weighted by Gasteiger charge is 2.40. The first kappa shape index (κ1) is 15.5. The van der Waals surface area contributed by atoms with Crippen molar-refractivity contribution in [1.82, 2.24) is 19.5 Å². The maximum absolute atomic E-state index is 11.4. The number of fused-ring (bicyclic) bond motifs is 1. The quantitative estimate of drug-likeness (QED) is 0.483. The summed E-state index contributed by atoms with van der Waals surface area (Å²) in [6.07, 6.45) is 1.74. The average Bonchev–Trinajstić information content (AvgIpc) is 3.01. The van der Waals surface area contributed by atoms with Gasteiger partial charge in [0.05, 0.1) is 25.1 Å². The molecule has 3 atom stereocenters. The number of aromatic nitrogens is 4. The Bertz CT molecular complexity index is 721. The summed E-state index contributed by atoms with van der Waals surface area (Å²) < 4.78 is 12.9. The molecule has 3 heterocycles. The molecule has 2 aromatic heterocycles. The van der Waals surface area contributed by atoms with Crippen molar-refractivity contribution in [3.8, 4) is 0 Å². The number of imidazole rings is 1. The van der Waals surface area contributed by atoms with Gasteiger partial charge in [-0.1, -0.05) is 18.5 Å². The molecule has 9 heteroatoms. The van der Waals surface area contributed by atoms with Gasteiger partial charge in [0, 0.05) is 6.92 Å². The molecule has 1 saturated heterocycles. The third-order valence-corrected chi connectivity index (χ3v) is 4.07. The number of carbonyl (C=O) groups excluding carboxylic acids is 1. The van der Waals surface area contributed by atoms with Gasteiger partial charge in [-0.25, -0.2) is 9.97 Å². The fraction of sp³-hybridized carbons (Fsp3) is 0.538. The summed E-state index contributed by atoms with van der Waals surface area (Å²) in [6, 6.07) is -0.235. The lowest BCUT2D eigenvalue weighted by Gasteiger charge is -2.22. The van der Waals surface area contributed by atoms with Gasteiger partial charge in [-0.3, -0.25) is 4.79 Å². The fourth-order valence-electron chi connectivity index (χ4n) is 2.69. The molecule has 1 unspecified atom stereocenters. The van der Waals surface area contributed by atoms with Crippen LogP contribution in [0.15, 0.2) is 6.33 Å². The zero-order valence-electron chi connectivity index (χ0n) is 12.0. The van der Waals surface area contributed by atoms with Gasteiger partial charge < -0.3 is 14.0 Å². The Kier molecular flexibility index (Phi) is 4.20. The van der Waals surface area contributed by atoms with E-state index in [1.54, 1.807) is 10.9 Å². The van der Waals surface area contributed by atoms with E-state index in [0.29, 0.717) is 17.8 Å². The van der Waals surface area contributed by atoms with E-state index in [1.165, 1.54) is 6.92 Å². The molecule has 0 saturated carbocycles. The number of carbonyl (C=O) groups is 1. The van der Waals surface area contributed by atoms with Gasteiger partial charge in [0.25, 0.3) is 0 Å². The smallest absolute Gasteiger partial charge is 0.303 e. The molecule has 1 aliphatic rings. The number of ether oxygens (including phenoxy) is 2. The molecule has 2 aromatic rings. The lowest BCUT2D eigenvalue weighted by molar-refractivity contribution is -0.150. The first-order valence-corrected chi connectivity index (χ1v) is 7.61. The first-order valence-electron chi connectivity index (χ1n) is 6.85. The summed E-state index contributed by atoms with van der Waals surface area (Å²) in [7, 11) is 0. The van der Waals surface area contributed by atoms with Gasteiger partial charge in [0.1, 0.15) is 5.52 Å². The van der Waals surface area contributed by atoms with Gasteiger partial charge >= 0.3 is 5.97 Å². The number of nitrogens with zero attached hydrogens (tertiary/aromatic N) is 4. The van der Waals surface area contributed by atoms with Crippen molar-refractivity contribution in [1.29, 1.82) is 0 Å². The Labute approximate surface area is 136 Å². The molecule has 0 aromatic carbocycles. The highest BCUT2D eigenvalue weighted by Crippen LogP contribution is 2.32. The Balaban J connectivity index is 2.04. The second-order valence-corrected chi connectivity index (χ2v) is 5.73. The SMILES string of the molecule is CC[C@H]1OCC(n2cnc3c(Cl)nc(Cl)nc32)[C@H]1OC(C)=O. The molecule has 0 N–H and O–H groups in total. The molecule has 0 amide bonds. The van der Waals surface area contributed by atoms with Crippen LogP contribution in [0.1, 0.15) is 26.3 Å². The lowest BCUT2D eigenvalue weighted by Crippen LogP contribution is -2.32. The van der Waals surface area contributed by atoms with Crippen LogP contribution in [0.4, 0.5) is 0 Å².